The Morgan fingerprint density at radius 2 is 0.346 bits per heavy atom. The summed E-state index contributed by atoms with van der Waals surface area (Å²) in [5, 5.41) is 75.5. The quantitative estimate of drug-likeness (QED) is 0.0237. The van der Waals surface area contributed by atoms with Crippen LogP contribution in [0.3, 0.4) is 0 Å². The number of nitrogens with one attached hydrogen (secondary N) is 4. The maximum absolute atomic E-state index is 12.6. The van der Waals surface area contributed by atoms with E-state index in [9.17, 15) is 163 Å². The Hall–Kier alpha value is -12.6. The van der Waals surface area contributed by atoms with Crippen LogP contribution >= 0.6 is 0 Å². The van der Waals surface area contributed by atoms with Crippen molar-refractivity contribution in [1.29, 1.82) is 0 Å². The van der Waals surface area contributed by atoms with Crippen LogP contribution < -0.4 is 22.2 Å². The summed E-state index contributed by atoms with van der Waals surface area (Å²) >= 11 is 0. The van der Waals surface area contributed by atoms with Gasteiger partial charge in [0.25, 0.3) is 22.2 Å². The zero-order chi connectivity index (χ0) is 91.9. The van der Waals surface area contributed by atoms with Crippen LogP contribution in [0.25, 0.3) is 22.7 Å². The van der Waals surface area contributed by atoms with Crippen LogP contribution in [0.1, 0.15) is 42.0 Å². The van der Waals surface area contributed by atoms with Crippen molar-refractivity contribution < 1.29 is 207 Å². The Balaban J connectivity index is 0.000000259. The summed E-state index contributed by atoms with van der Waals surface area (Å²) in [6.07, 6.45) is 0. The van der Waals surface area contributed by atoms with E-state index in [1.165, 1.54) is 0 Å². The average Bonchev–Trinajstić information content (AvgIpc) is 1.66. The van der Waals surface area contributed by atoms with E-state index in [2.05, 4.69) is 61.3 Å². The molecule has 0 unspecified atom stereocenters. The largest absolute Gasteiger partial charge is 4.00 e. The number of aromatic nitrogens is 8. The molecule has 4 heterocycles. The molecule has 8 N–H and O–H groups in total. The second kappa shape index (κ2) is 40.8. The van der Waals surface area contributed by atoms with E-state index in [-0.39, 0.29) is 109 Å². The van der Waals surface area contributed by atoms with E-state index in [0.717, 1.165) is 213 Å². The van der Waals surface area contributed by atoms with Gasteiger partial charge in [0.15, 0.2) is 45.5 Å². The number of azo groups is 4. The molecule has 658 valence electrons. The van der Waals surface area contributed by atoms with Gasteiger partial charge in [0.2, 0.25) is 0 Å². The molecule has 0 atom stereocenters. The smallest absolute Gasteiger partial charge is 0.744 e. The van der Waals surface area contributed by atoms with Gasteiger partial charge in [-0.2, -0.15) is 20.5 Å². The number of hydrogen-bond donors (Lipinski definition) is 8. The third kappa shape index (κ3) is 26.3. The number of benzene rings is 8. The molecule has 52 nitrogen and oxygen atoms in total. The fourth-order valence-corrected chi connectivity index (χ4v) is 13.4. The number of carbonyl (C=O) groups is 4. The molecule has 0 saturated carbocycles. The molecule has 127 heavy (non-hydrogen) atoms. The van der Waals surface area contributed by atoms with Gasteiger partial charge in [-0.05, 0) is 194 Å². The molecule has 0 spiro atoms. The molecule has 0 saturated heterocycles. The van der Waals surface area contributed by atoms with Crippen molar-refractivity contribution in [2.75, 3.05) is 0 Å². The Bertz CT molecular complexity index is 6730. The molecular weight excluding hydrogens is 2110 g/mol. The van der Waals surface area contributed by atoms with Crippen molar-refractivity contribution in [2.45, 2.75) is 39.2 Å². The molecule has 0 amide bonds. The number of aromatic carboxylic acids is 4. The predicted molar refractivity (Wildman–Crippen MR) is 400 cm³/mol. The zero-order valence-electron chi connectivity index (χ0n) is 61.2. The van der Waals surface area contributed by atoms with Crippen molar-refractivity contribution in [1.82, 2.24) is 39.1 Å². The SMILES string of the molecule is O=C(O)c1[nH]n(-c2ccc(S(=O)(=O)[O-])cc2)c(=O)c1N=Nc1ccc(S(=O)(=O)[O-])cc1.O=C(O)c1[nH]n(-c2ccc(S(=O)(=O)[O-])cc2)c(=O)c1N=Nc1ccc(S(=O)(=O)[O-])cc1.O=C(O)c1[nH]n(-c2ccc(S(=O)(=O)[O-])cc2)c(=O)c1N=Nc1ccc(S(=O)(=O)[O-])cc1.O=C(O)c1[nH]n(-c2ccc(S(=O)(=O)[O-])cc2)c(=O)c1N=Nc1ccc(S(=O)(=O)[O-])cc1.[Mo+4].[Mo+4].[Mo]. The minimum atomic E-state index is -4.71. The van der Waals surface area contributed by atoms with E-state index in [4.69, 9.17) is 0 Å². The van der Waals surface area contributed by atoms with Crippen molar-refractivity contribution in [2.24, 2.45) is 40.9 Å². The van der Waals surface area contributed by atoms with Gasteiger partial charge >= 0.3 is 66.0 Å². The maximum atomic E-state index is 12.6. The molecule has 0 radical (unpaired) electrons. The Labute approximate surface area is 750 Å². The van der Waals surface area contributed by atoms with Gasteiger partial charge in [0, 0.05) is 21.1 Å². The van der Waals surface area contributed by atoms with Crippen LogP contribution in [0.15, 0.2) is 293 Å². The summed E-state index contributed by atoms with van der Waals surface area (Å²) in [4.78, 5) is 92.0. The molecule has 12 aromatic rings. The first-order valence-electron chi connectivity index (χ1n) is 32.0. The molecule has 12 rings (SSSR count). The van der Waals surface area contributed by atoms with E-state index >= 15 is 0 Å². The molecule has 0 aliphatic rings. The summed E-state index contributed by atoms with van der Waals surface area (Å²) in [5.41, 5.74) is -8.53. The molecule has 0 bridgehead atoms. The molecule has 0 aliphatic carbocycles. The second-order valence-corrected chi connectivity index (χ2v) is 34.5. The third-order valence-electron chi connectivity index (χ3n) is 15.4. The van der Waals surface area contributed by atoms with Crippen LogP contribution in [-0.4, -0.2) is 187 Å². The maximum Gasteiger partial charge on any atom is 4.00 e. The van der Waals surface area contributed by atoms with Gasteiger partial charge in [-0.1, -0.05) is 0 Å². The number of hydrogen-bond acceptors (Lipinski definition) is 40. The number of nitrogens with zero attached hydrogens (tertiary/aromatic N) is 12. The van der Waals surface area contributed by atoms with Crippen LogP contribution in [0, 0.1) is 0 Å². The molecule has 4 aromatic heterocycles. The normalized spacial score (nSPS) is 12.0. The van der Waals surface area contributed by atoms with Crippen LogP contribution in [0.4, 0.5) is 45.5 Å². The predicted octanol–water partition coefficient (Wildman–Crippen LogP) is 4.34. The Morgan fingerprint density at radius 3 is 0.457 bits per heavy atom. The fourth-order valence-electron chi connectivity index (χ4n) is 9.60. The third-order valence-corrected chi connectivity index (χ3v) is 22.2. The van der Waals surface area contributed by atoms with Gasteiger partial charge in [0.1, 0.15) is 80.9 Å². The first-order valence-corrected chi connectivity index (χ1v) is 43.3. The van der Waals surface area contributed by atoms with Gasteiger partial charge in [-0.3, -0.25) is 39.6 Å². The number of carboxylic acid groups (broad SMARTS) is 4. The van der Waals surface area contributed by atoms with Crippen LogP contribution in [0.2, 0.25) is 0 Å². The number of carboxylic acids is 4. The van der Waals surface area contributed by atoms with Crippen molar-refractivity contribution in [3.8, 4) is 22.7 Å². The van der Waals surface area contributed by atoms with Gasteiger partial charge < -0.3 is 56.8 Å². The van der Waals surface area contributed by atoms with Gasteiger partial charge in [-0.15, -0.1) is 20.5 Å². The van der Waals surface area contributed by atoms with Crippen molar-refractivity contribution in [3.63, 3.8) is 0 Å². The molecular formula is C64H40Mo3N16O36S8. The van der Waals surface area contributed by atoms with Crippen LogP contribution in [0.5, 0.6) is 0 Å². The fraction of sp³-hybridized carbons (Fsp3) is 0. The number of rotatable bonds is 24. The van der Waals surface area contributed by atoms with Crippen molar-refractivity contribution in [3.05, 3.63) is 258 Å². The summed E-state index contributed by atoms with van der Waals surface area (Å²) in [7, 11) is -37.5. The molecule has 0 fully saturated rings. The topological polar surface area (TPSA) is 857 Å². The summed E-state index contributed by atoms with van der Waals surface area (Å²) < 4.78 is 266. The Morgan fingerprint density at radius 1 is 0.228 bits per heavy atom. The van der Waals surface area contributed by atoms with E-state index in [0.29, 0.717) is 0 Å². The van der Waals surface area contributed by atoms with E-state index in [1.807, 2.05) is 0 Å². The number of H-pyrrole nitrogens is 4. The van der Waals surface area contributed by atoms with Crippen molar-refractivity contribution >= 4 is 150 Å². The standard InChI is InChI=1S/4C16H12N4O9S2.3Mo/c4*21-15-13(18-17-9-1-5-11(6-2-9)30(24,25)26)14(16(22)23)19-20(15)10-3-7-12(8-4-10)31(27,28)29;;;/h4*1-8,19H,(H,22,23)(H,24,25,26)(H,27,28,29);;;/q;;;;;2*+4/p-8. The first-order chi connectivity index (χ1) is 57.5. The first kappa shape index (κ1) is 103. The molecule has 63 heteroatoms. The Kier molecular flexibility index (Phi) is 33.2. The summed E-state index contributed by atoms with van der Waals surface area (Å²) in [6, 6.07) is 33.2. The van der Waals surface area contributed by atoms with E-state index < -0.39 is 212 Å². The summed E-state index contributed by atoms with van der Waals surface area (Å²) in [6.45, 7) is 0. The summed E-state index contributed by atoms with van der Waals surface area (Å²) in [5.74, 6) is -6.18. The minimum absolute atomic E-state index is 0. The van der Waals surface area contributed by atoms with Crippen LogP contribution in [-0.2, 0) is 144 Å². The average molecular weight is 2150 g/mol. The molecule has 8 aromatic carbocycles. The monoisotopic (exact) mass is 2160 g/mol. The number of aromatic amines is 4. The zero-order valence-corrected chi connectivity index (χ0v) is 73.7. The van der Waals surface area contributed by atoms with Gasteiger partial charge in [-0.25, -0.2) is 105 Å². The molecule has 0 aliphatic heterocycles. The van der Waals surface area contributed by atoms with Gasteiger partial charge in [0.05, 0.1) is 84.7 Å². The minimum Gasteiger partial charge on any atom is -0.744 e. The second-order valence-electron chi connectivity index (χ2n) is 23.5. The van der Waals surface area contributed by atoms with E-state index in [1.54, 1.807) is 0 Å².